The number of aliphatic hydroxyl groups is 1. The molecular weight excluding hydrogens is 152 g/mol. The van der Waals surface area contributed by atoms with Gasteiger partial charge >= 0.3 is 0 Å². The predicted octanol–water partition coefficient (Wildman–Crippen LogP) is 1.96. The molecule has 0 heterocycles. The summed E-state index contributed by atoms with van der Waals surface area (Å²) in [5.41, 5.74) is 0.0181. The quantitative estimate of drug-likeness (QED) is 0.705. The Balaban J connectivity index is 2.37. The van der Waals surface area contributed by atoms with E-state index in [9.17, 15) is 5.11 Å². The van der Waals surface area contributed by atoms with Gasteiger partial charge in [0.15, 0.2) is 0 Å². The Morgan fingerprint density at radius 2 is 2.25 bits per heavy atom. The molecule has 0 aromatic heterocycles. The Kier molecular flexibility index (Phi) is 3.13. The van der Waals surface area contributed by atoms with Crippen LogP contribution < -0.4 is 0 Å². The molecule has 12 heavy (non-hydrogen) atoms. The highest BCUT2D eigenvalue weighted by atomic mass is 16.5. The van der Waals surface area contributed by atoms with Crippen LogP contribution in [0, 0.1) is 5.41 Å². The summed E-state index contributed by atoms with van der Waals surface area (Å²) in [6.07, 6.45) is 3.30. The highest BCUT2D eigenvalue weighted by Gasteiger charge is 2.37. The summed E-state index contributed by atoms with van der Waals surface area (Å²) < 4.78 is 5.54. The molecule has 0 radical (unpaired) electrons. The summed E-state index contributed by atoms with van der Waals surface area (Å²) in [4.78, 5) is 0. The molecule has 0 unspecified atom stereocenters. The van der Waals surface area contributed by atoms with Crippen molar-refractivity contribution in [1.82, 2.24) is 0 Å². The summed E-state index contributed by atoms with van der Waals surface area (Å²) >= 11 is 0. The van der Waals surface area contributed by atoms with E-state index in [1.165, 1.54) is 0 Å². The number of ether oxygens (including phenoxy) is 1. The summed E-state index contributed by atoms with van der Waals surface area (Å²) in [6, 6.07) is 0. The zero-order valence-electron chi connectivity index (χ0n) is 8.34. The van der Waals surface area contributed by atoms with Gasteiger partial charge in [0.1, 0.15) is 0 Å². The van der Waals surface area contributed by atoms with Crippen molar-refractivity contribution >= 4 is 0 Å². The Morgan fingerprint density at radius 3 is 2.67 bits per heavy atom. The fraction of sp³-hybridized carbons (Fsp3) is 1.00. The van der Waals surface area contributed by atoms with Gasteiger partial charge in [-0.3, -0.25) is 0 Å². The second-order valence-electron chi connectivity index (χ2n) is 4.42. The minimum atomic E-state index is -0.156. The van der Waals surface area contributed by atoms with Crippen molar-refractivity contribution in [1.29, 1.82) is 0 Å². The molecule has 0 spiro atoms. The molecule has 2 heteroatoms. The lowest BCUT2D eigenvalue weighted by molar-refractivity contribution is -0.0359. The van der Waals surface area contributed by atoms with Crippen LogP contribution in [0.2, 0.25) is 0 Å². The third-order valence-electron chi connectivity index (χ3n) is 2.78. The van der Waals surface area contributed by atoms with Crippen LogP contribution in [-0.2, 0) is 4.74 Å². The van der Waals surface area contributed by atoms with Crippen molar-refractivity contribution in [2.75, 3.05) is 6.61 Å². The largest absolute Gasteiger partial charge is 0.392 e. The number of rotatable bonds is 3. The van der Waals surface area contributed by atoms with Crippen LogP contribution in [0.5, 0.6) is 0 Å². The SMILES string of the molecule is CC(C)OC[C@]1(C)CCC[C@H]1O. The molecule has 0 aliphatic heterocycles. The van der Waals surface area contributed by atoms with E-state index in [2.05, 4.69) is 6.92 Å². The molecule has 1 fully saturated rings. The van der Waals surface area contributed by atoms with Crippen molar-refractivity contribution in [3.05, 3.63) is 0 Å². The van der Waals surface area contributed by atoms with Gasteiger partial charge in [0.2, 0.25) is 0 Å². The van der Waals surface area contributed by atoms with Crippen molar-refractivity contribution in [3.63, 3.8) is 0 Å². The zero-order chi connectivity index (χ0) is 9.19. The minimum absolute atomic E-state index is 0.0181. The molecule has 1 rings (SSSR count). The van der Waals surface area contributed by atoms with Crippen LogP contribution in [0.1, 0.15) is 40.0 Å². The summed E-state index contributed by atoms with van der Waals surface area (Å²) in [5.74, 6) is 0. The standard InChI is InChI=1S/C10H20O2/c1-8(2)12-7-10(3)6-4-5-9(10)11/h8-9,11H,4-7H2,1-3H3/t9-,10+/m1/s1. The van der Waals surface area contributed by atoms with Gasteiger partial charge in [0.25, 0.3) is 0 Å². The number of aliphatic hydroxyl groups excluding tert-OH is 1. The lowest BCUT2D eigenvalue weighted by Crippen LogP contribution is -2.32. The number of hydrogen-bond donors (Lipinski definition) is 1. The molecule has 72 valence electrons. The Bertz CT molecular complexity index is 145. The van der Waals surface area contributed by atoms with Gasteiger partial charge in [-0.25, -0.2) is 0 Å². The van der Waals surface area contributed by atoms with Crippen molar-refractivity contribution in [3.8, 4) is 0 Å². The fourth-order valence-electron chi connectivity index (χ4n) is 1.74. The molecule has 0 aromatic rings. The van der Waals surface area contributed by atoms with Gasteiger partial charge in [-0.2, -0.15) is 0 Å². The van der Waals surface area contributed by atoms with Crippen molar-refractivity contribution < 1.29 is 9.84 Å². The third-order valence-corrected chi connectivity index (χ3v) is 2.78. The average Bonchev–Trinajstić information content (AvgIpc) is 2.30. The van der Waals surface area contributed by atoms with Gasteiger partial charge in [0, 0.05) is 5.41 Å². The smallest absolute Gasteiger partial charge is 0.0615 e. The zero-order valence-corrected chi connectivity index (χ0v) is 8.34. The van der Waals surface area contributed by atoms with E-state index in [1.807, 2.05) is 13.8 Å². The van der Waals surface area contributed by atoms with Gasteiger partial charge in [0.05, 0.1) is 18.8 Å². The summed E-state index contributed by atoms with van der Waals surface area (Å²) in [5, 5.41) is 9.68. The van der Waals surface area contributed by atoms with E-state index in [4.69, 9.17) is 4.74 Å². The normalized spacial score (nSPS) is 36.2. The van der Waals surface area contributed by atoms with Gasteiger partial charge in [-0.15, -0.1) is 0 Å². The van der Waals surface area contributed by atoms with Crippen LogP contribution in [0.3, 0.4) is 0 Å². The molecule has 0 bridgehead atoms. The molecule has 1 aliphatic carbocycles. The lowest BCUT2D eigenvalue weighted by atomic mass is 9.88. The van der Waals surface area contributed by atoms with Crippen LogP contribution in [0.25, 0.3) is 0 Å². The van der Waals surface area contributed by atoms with Gasteiger partial charge in [-0.05, 0) is 26.7 Å². The fourth-order valence-corrected chi connectivity index (χ4v) is 1.74. The highest BCUT2D eigenvalue weighted by Crippen LogP contribution is 2.38. The Hall–Kier alpha value is -0.0800. The van der Waals surface area contributed by atoms with E-state index in [0.29, 0.717) is 6.61 Å². The topological polar surface area (TPSA) is 29.5 Å². The van der Waals surface area contributed by atoms with E-state index in [-0.39, 0.29) is 17.6 Å². The maximum Gasteiger partial charge on any atom is 0.0615 e. The van der Waals surface area contributed by atoms with Crippen LogP contribution in [0.4, 0.5) is 0 Å². The molecule has 1 N–H and O–H groups in total. The van der Waals surface area contributed by atoms with Crippen LogP contribution >= 0.6 is 0 Å². The molecule has 0 amide bonds. The first kappa shape index (κ1) is 10.0. The highest BCUT2D eigenvalue weighted by molar-refractivity contribution is 4.88. The van der Waals surface area contributed by atoms with Gasteiger partial charge < -0.3 is 9.84 Å². The second kappa shape index (κ2) is 3.75. The predicted molar refractivity (Wildman–Crippen MR) is 49.1 cm³/mol. The van der Waals surface area contributed by atoms with Crippen LogP contribution in [-0.4, -0.2) is 23.9 Å². The Morgan fingerprint density at radius 1 is 1.58 bits per heavy atom. The second-order valence-corrected chi connectivity index (χ2v) is 4.42. The van der Waals surface area contributed by atoms with Gasteiger partial charge in [-0.1, -0.05) is 13.3 Å². The molecule has 0 saturated heterocycles. The Labute approximate surface area is 74.9 Å². The van der Waals surface area contributed by atoms with Crippen molar-refractivity contribution in [2.45, 2.75) is 52.2 Å². The molecule has 1 aliphatic rings. The van der Waals surface area contributed by atoms with E-state index in [0.717, 1.165) is 19.3 Å². The molecule has 1 saturated carbocycles. The maximum absolute atomic E-state index is 9.68. The number of hydrogen-bond acceptors (Lipinski definition) is 2. The first-order valence-corrected chi connectivity index (χ1v) is 4.84. The monoisotopic (exact) mass is 172 g/mol. The minimum Gasteiger partial charge on any atom is -0.392 e. The third kappa shape index (κ3) is 2.20. The summed E-state index contributed by atoms with van der Waals surface area (Å²) in [6.45, 7) is 6.88. The molecule has 0 aromatic carbocycles. The first-order valence-electron chi connectivity index (χ1n) is 4.84. The molecular formula is C10H20O2. The average molecular weight is 172 g/mol. The summed E-state index contributed by atoms with van der Waals surface area (Å²) in [7, 11) is 0. The maximum atomic E-state index is 9.68. The molecule has 2 atom stereocenters. The van der Waals surface area contributed by atoms with E-state index in [1.54, 1.807) is 0 Å². The van der Waals surface area contributed by atoms with Crippen molar-refractivity contribution in [2.24, 2.45) is 5.41 Å². The van der Waals surface area contributed by atoms with E-state index < -0.39 is 0 Å². The lowest BCUT2D eigenvalue weighted by Gasteiger charge is -2.28. The van der Waals surface area contributed by atoms with E-state index >= 15 is 0 Å². The molecule has 2 nitrogen and oxygen atoms in total. The first-order chi connectivity index (χ1) is 5.54. The van der Waals surface area contributed by atoms with Crippen LogP contribution in [0.15, 0.2) is 0 Å².